The van der Waals surface area contributed by atoms with E-state index < -0.39 is 6.10 Å². The van der Waals surface area contributed by atoms with Gasteiger partial charge < -0.3 is 19.6 Å². The molecule has 0 bridgehead atoms. The number of likely N-dealkylation sites (tertiary alicyclic amines) is 1. The SMILES string of the molecule is CCCCCCCN(C)C(=O)COC(=O)CCCSCCN1C(=O)CC[C@@H]1/C=C/[C@@H](O)Cc1ccc(F)cc1. The number of carbonyl (C=O) groups excluding carboxylic acids is 3. The predicted octanol–water partition coefficient (Wildman–Crippen LogP) is 4.76. The zero-order valence-electron chi connectivity index (χ0n) is 23.5. The molecule has 1 heterocycles. The van der Waals surface area contributed by atoms with Crippen molar-refractivity contribution in [2.75, 3.05) is 38.2 Å². The van der Waals surface area contributed by atoms with Crippen LogP contribution in [-0.2, 0) is 25.5 Å². The van der Waals surface area contributed by atoms with Gasteiger partial charge in [0.05, 0.1) is 12.1 Å². The number of halogens is 1. The zero-order valence-corrected chi connectivity index (χ0v) is 24.3. The molecule has 2 amide bonds. The van der Waals surface area contributed by atoms with Gasteiger partial charge in [-0.1, -0.05) is 56.9 Å². The summed E-state index contributed by atoms with van der Waals surface area (Å²) in [6.45, 7) is 3.25. The molecule has 1 saturated heterocycles. The average molecular weight is 565 g/mol. The summed E-state index contributed by atoms with van der Waals surface area (Å²) in [5.74, 6) is 0.789. The summed E-state index contributed by atoms with van der Waals surface area (Å²) in [5.41, 5.74) is 0.847. The van der Waals surface area contributed by atoms with Crippen LogP contribution in [0.4, 0.5) is 4.39 Å². The van der Waals surface area contributed by atoms with E-state index >= 15 is 0 Å². The van der Waals surface area contributed by atoms with E-state index in [-0.39, 0.29) is 42.7 Å². The number of carbonyl (C=O) groups is 3. The number of esters is 1. The van der Waals surface area contributed by atoms with Crippen molar-refractivity contribution in [2.24, 2.45) is 0 Å². The molecule has 218 valence electrons. The fourth-order valence-electron chi connectivity index (χ4n) is 4.42. The number of unbranched alkanes of at least 4 members (excludes halogenated alkanes) is 4. The van der Waals surface area contributed by atoms with E-state index in [1.807, 2.05) is 11.0 Å². The van der Waals surface area contributed by atoms with Gasteiger partial charge in [0.2, 0.25) is 5.91 Å². The highest BCUT2D eigenvalue weighted by molar-refractivity contribution is 7.99. The van der Waals surface area contributed by atoms with E-state index in [1.54, 1.807) is 41.9 Å². The fourth-order valence-corrected chi connectivity index (χ4v) is 5.30. The number of amides is 2. The summed E-state index contributed by atoms with van der Waals surface area (Å²) in [7, 11) is 1.74. The second-order valence-corrected chi connectivity index (χ2v) is 11.3. The number of aliphatic hydroxyl groups is 1. The first-order chi connectivity index (χ1) is 18.8. The van der Waals surface area contributed by atoms with Crippen molar-refractivity contribution in [1.29, 1.82) is 0 Å². The Labute approximate surface area is 237 Å². The molecular formula is C30H45FN2O5S. The molecule has 1 aromatic rings. The minimum atomic E-state index is -0.701. The van der Waals surface area contributed by atoms with Gasteiger partial charge in [-0.3, -0.25) is 14.4 Å². The number of ether oxygens (including phenoxy) is 1. The number of hydrogen-bond donors (Lipinski definition) is 1. The second-order valence-electron chi connectivity index (χ2n) is 10.1. The van der Waals surface area contributed by atoms with E-state index in [4.69, 9.17) is 4.74 Å². The van der Waals surface area contributed by atoms with Gasteiger partial charge in [0, 0.05) is 45.2 Å². The number of benzene rings is 1. The molecule has 0 aromatic heterocycles. The molecule has 39 heavy (non-hydrogen) atoms. The second kappa shape index (κ2) is 18.8. The molecule has 0 spiro atoms. The third kappa shape index (κ3) is 13.5. The maximum Gasteiger partial charge on any atom is 0.306 e. The van der Waals surface area contributed by atoms with Crippen molar-refractivity contribution < 1.29 is 28.6 Å². The normalized spacial score (nSPS) is 16.2. The number of nitrogens with zero attached hydrogens (tertiary/aromatic N) is 2. The van der Waals surface area contributed by atoms with Crippen LogP contribution >= 0.6 is 11.8 Å². The molecule has 1 aliphatic heterocycles. The molecule has 1 fully saturated rings. The topological polar surface area (TPSA) is 87.2 Å². The van der Waals surface area contributed by atoms with Crippen LogP contribution in [0.15, 0.2) is 36.4 Å². The van der Waals surface area contributed by atoms with Crippen LogP contribution in [0.25, 0.3) is 0 Å². The number of aliphatic hydroxyl groups excluding tert-OH is 1. The van der Waals surface area contributed by atoms with Crippen LogP contribution in [-0.4, -0.2) is 83.1 Å². The van der Waals surface area contributed by atoms with Gasteiger partial charge in [0.15, 0.2) is 6.61 Å². The maximum absolute atomic E-state index is 13.1. The first-order valence-corrected chi connectivity index (χ1v) is 15.3. The van der Waals surface area contributed by atoms with Gasteiger partial charge in [-0.15, -0.1) is 0 Å². The third-order valence-corrected chi connectivity index (χ3v) is 7.86. The summed E-state index contributed by atoms with van der Waals surface area (Å²) >= 11 is 1.68. The standard InChI is InChI=1S/C30H45FN2O5S/c1-3-4-5-6-7-18-32(2)29(36)23-38-30(37)9-8-20-39-21-19-33-26(15-17-28(33)35)14-16-27(34)22-24-10-12-25(31)13-11-24/h10-14,16,26-27,34H,3-9,15,17-23H2,1-2H3/b16-14+/t26-,27+/m0/s1. The molecule has 0 aliphatic carbocycles. The third-order valence-electron chi connectivity index (χ3n) is 6.81. The summed E-state index contributed by atoms with van der Waals surface area (Å²) in [6, 6.07) is 6.03. The highest BCUT2D eigenvalue weighted by Gasteiger charge is 2.28. The highest BCUT2D eigenvalue weighted by Crippen LogP contribution is 2.21. The van der Waals surface area contributed by atoms with Crippen molar-refractivity contribution in [3.05, 3.63) is 47.8 Å². The average Bonchev–Trinajstić information content (AvgIpc) is 3.27. The van der Waals surface area contributed by atoms with Gasteiger partial charge in [0.1, 0.15) is 5.82 Å². The van der Waals surface area contributed by atoms with Crippen molar-refractivity contribution >= 4 is 29.5 Å². The molecule has 0 radical (unpaired) electrons. The van der Waals surface area contributed by atoms with Gasteiger partial charge in [-0.05, 0) is 42.7 Å². The van der Waals surface area contributed by atoms with Crippen LogP contribution in [0.2, 0.25) is 0 Å². The van der Waals surface area contributed by atoms with Gasteiger partial charge in [-0.2, -0.15) is 11.8 Å². The molecule has 2 rings (SSSR count). The smallest absolute Gasteiger partial charge is 0.306 e. The van der Waals surface area contributed by atoms with Gasteiger partial charge >= 0.3 is 5.97 Å². The van der Waals surface area contributed by atoms with E-state index in [2.05, 4.69) is 6.92 Å². The largest absolute Gasteiger partial charge is 0.456 e. The monoisotopic (exact) mass is 564 g/mol. The first kappa shape index (κ1) is 32.8. The predicted molar refractivity (Wildman–Crippen MR) is 154 cm³/mol. The summed E-state index contributed by atoms with van der Waals surface area (Å²) < 4.78 is 18.2. The zero-order chi connectivity index (χ0) is 28.5. The van der Waals surface area contributed by atoms with Crippen LogP contribution in [0.5, 0.6) is 0 Å². The highest BCUT2D eigenvalue weighted by atomic mass is 32.2. The van der Waals surface area contributed by atoms with Gasteiger partial charge in [-0.25, -0.2) is 4.39 Å². The Kier molecular flexibility index (Phi) is 15.8. The Hall–Kier alpha value is -2.39. The summed E-state index contributed by atoms with van der Waals surface area (Å²) in [4.78, 5) is 39.9. The Morgan fingerprint density at radius 1 is 1.18 bits per heavy atom. The Morgan fingerprint density at radius 3 is 2.67 bits per heavy atom. The molecule has 0 unspecified atom stereocenters. The number of hydrogen-bond acceptors (Lipinski definition) is 6. The van der Waals surface area contributed by atoms with Crippen LogP contribution in [0, 0.1) is 5.82 Å². The molecule has 1 aromatic carbocycles. The van der Waals surface area contributed by atoms with Crippen molar-refractivity contribution in [2.45, 2.75) is 83.3 Å². The van der Waals surface area contributed by atoms with Gasteiger partial charge in [0.25, 0.3) is 5.91 Å². The van der Waals surface area contributed by atoms with E-state index in [1.165, 1.54) is 31.4 Å². The number of rotatable bonds is 19. The lowest BCUT2D eigenvalue weighted by Crippen LogP contribution is -2.34. The number of likely N-dealkylation sites (N-methyl/N-ethyl adjacent to an activating group) is 1. The summed E-state index contributed by atoms with van der Waals surface area (Å²) in [5, 5.41) is 10.3. The van der Waals surface area contributed by atoms with E-state index in [0.29, 0.717) is 32.4 Å². The van der Waals surface area contributed by atoms with Crippen molar-refractivity contribution in [1.82, 2.24) is 9.80 Å². The maximum atomic E-state index is 13.1. The fraction of sp³-hybridized carbons (Fsp3) is 0.633. The van der Waals surface area contributed by atoms with Crippen molar-refractivity contribution in [3.63, 3.8) is 0 Å². The molecule has 9 heteroatoms. The Balaban J connectivity index is 1.57. The van der Waals surface area contributed by atoms with E-state index in [0.717, 1.165) is 36.3 Å². The van der Waals surface area contributed by atoms with Crippen molar-refractivity contribution in [3.8, 4) is 0 Å². The molecule has 2 atom stereocenters. The lowest BCUT2D eigenvalue weighted by molar-refractivity contribution is -0.151. The molecule has 1 aliphatic rings. The van der Waals surface area contributed by atoms with E-state index in [9.17, 15) is 23.9 Å². The van der Waals surface area contributed by atoms with Crippen LogP contribution < -0.4 is 0 Å². The van der Waals surface area contributed by atoms with Crippen LogP contribution in [0.3, 0.4) is 0 Å². The first-order valence-electron chi connectivity index (χ1n) is 14.2. The van der Waals surface area contributed by atoms with Crippen LogP contribution in [0.1, 0.15) is 70.3 Å². The lowest BCUT2D eigenvalue weighted by Gasteiger charge is -2.22. The minimum Gasteiger partial charge on any atom is -0.456 e. The Bertz CT molecular complexity index is 911. The molecule has 7 nitrogen and oxygen atoms in total. The summed E-state index contributed by atoms with van der Waals surface area (Å²) in [6.07, 6.45) is 11.1. The molecule has 1 N–H and O–H groups in total. The minimum absolute atomic E-state index is 0.0389. The Morgan fingerprint density at radius 2 is 1.92 bits per heavy atom. The number of thioether (sulfide) groups is 1. The molecule has 0 saturated carbocycles. The quantitative estimate of drug-likeness (QED) is 0.148. The molecular weight excluding hydrogens is 519 g/mol. The lowest BCUT2D eigenvalue weighted by atomic mass is 10.1.